The number of halogens is 1. The van der Waals surface area contributed by atoms with E-state index in [1.165, 1.54) is 12.0 Å². The predicted octanol–water partition coefficient (Wildman–Crippen LogP) is 0.174. The van der Waals surface area contributed by atoms with Crippen LogP contribution in [0.4, 0.5) is 0 Å². The molecule has 0 radical (unpaired) electrons. The third kappa shape index (κ3) is 3.55. The fourth-order valence-corrected chi connectivity index (χ4v) is 3.49. The minimum Gasteiger partial charge on any atom is -1.00 e. The van der Waals surface area contributed by atoms with Crippen molar-refractivity contribution in [3.8, 4) is 0 Å². The standard InChI is InChI=1S/C17H28NO.HI/c1-14(18(2,3)4)17(19)13-9-8-12-16(17)15-10-6-5-7-11-15;/h5-7,10-11,14,16,19H,8-9,12-13H2,1-4H3;1H/q+1;/p-1. The van der Waals surface area contributed by atoms with E-state index in [-0.39, 0.29) is 35.9 Å². The van der Waals surface area contributed by atoms with Gasteiger partial charge in [-0.3, -0.25) is 0 Å². The molecule has 1 aliphatic rings. The lowest BCUT2D eigenvalue weighted by Crippen LogP contribution is -3.00. The first-order chi connectivity index (χ1) is 8.86. The average Bonchev–Trinajstić information content (AvgIpc) is 2.38. The first-order valence-electron chi connectivity index (χ1n) is 7.44. The third-order valence-corrected chi connectivity index (χ3v) is 5.01. The van der Waals surface area contributed by atoms with E-state index in [1.807, 2.05) is 0 Å². The number of likely N-dealkylation sites (N-methyl/N-ethyl adjacent to an activating group) is 1. The predicted molar refractivity (Wildman–Crippen MR) is 80.1 cm³/mol. The molecule has 1 saturated carbocycles. The number of quaternary nitrogens is 1. The molecule has 3 atom stereocenters. The summed E-state index contributed by atoms with van der Waals surface area (Å²) in [7, 11) is 6.54. The Labute approximate surface area is 140 Å². The summed E-state index contributed by atoms with van der Waals surface area (Å²) in [5, 5.41) is 11.4. The number of rotatable bonds is 3. The zero-order valence-electron chi connectivity index (χ0n) is 13.1. The molecule has 1 N–H and O–H groups in total. The topological polar surface area (TPSA) is 20.2 Å². The molecule has 114 valence electrons. The highest BCUT2D eigenvalue weighted by molar-refractivity contribution is 5.24. The fraction of sp³-hybridized carbons (Fsp3) is 0.647. The van der Waals surface area contributed by atoms with Crippen molar-refractivity contribution in [2.75, 3.05) is 21.1 Å². The first-order valence-corrected chi connectivity index (χ1v) is 7.44. The molecule has 2 rings (SSSR count). The van der Waals surface area contributed by atoms with E-state index >= 15 is 0 Å². The van der Waals surface area contributed by atoms with E-state index in [1.54, 1.807) is 0 Å². The molecule has 0 aromatic heterocycles. The van der Waals surface area contributed by atoms with Crippen LogP contribution in [0, 0.1) is 0 Å². The molecule has 1 aromatic carbocycles. The van der Waals surface area contributed by atoms with Crippen molar-refractivity contribution in [3.05, 3.63) is 35.9 Å². The van der Waals surface area contributed by atoms with Crippen molar-refractivity contribution in [2.45, 2.75) is 50.2 Å². The van der Waals surface area contributed by atoms with Crippen molar-refractivity contribution in [1.82, 2.24) is 0 Å². The van der Waals surface area contributed by atoms with Crippen molar-refractivity contribution in [2.24, 2.45) is 0 Å². The van der Waals surface area contributed by atoms with Gasteiger partial charge in [-0.15, -0.1) is 0 Å². The van der Waals surface area contributed by atoms with Gasteiger partial charge < -0.3 is 33.6 Å². The van der Waals surface area contributed by atoms with Crippen molar-refractivity contribution in [3.63, 3.8) is 0 Å². The molecule has 3 unspecified atom stereocenters. The summed E-state index contributed by atoms with van der Waals surface area (Å²) in [6.07, 6.45) is 4.39. The Hall–Kier alpha value is -0.130. The average molecular weight is 389 g/mol. The minimum absolute atomic E-state index is 0. The van der Waals surface area contributed by atoms with Gasteiger partial charge in [0.1, 0.15) is 11.6 Å². The van der Waals surface area contributed by atoms with Gasteiger partial charge in [0.25, 0.3) is 0 Å². The molecule has 0 saturated heterocycles. The normalized spacial score (nSPS) is 28.6. The van der Waals surface area contributed by atoms with Crippen molar-refractivity contribution in [1.29, 1.82) is 0 Å². The summed E-state index contributed by atoms with van der Waals surface area (Å²) in [5.41, 5.74) is 0.711. The van der Waals surface area contributed by atoms with Gasteiger partial charge in [0.2, 0.25) is 0 Å². The Bertz CT molecular complexity index is 415. The molecule has 1 aliphatic carbocycles. The Morgan fingerprint density at radius 2 is 1.75 bits per heavy atom. The Balaban J connectivity index is 0.00000200. The molecular weight excluding hydrogens is 361 g/mol. The summed E-state index contributed by atoms with van der Waals surface area (Å²) in [5.74, 6) is 0.273. The summed E-state index contributed by atoms with van der Waals surface area (Å²) < 4.78 is 0.805. The van der Waals surface area contributed by atoms with Gasteiger partial charge in [-0.1, -0.05) is 43.2 Å². The van der Waals surface area contributed by atoms with Gasteiger partial charge in [-0.2, -0.15) is 0 Å². The van der Waals surface area contributed by atoms with Gasteiger partial charge in [0.05, 0.1) is 21.1 Å². The maximum absolute atomic E-state index is 11.4. The summed E-state index contributed by atoms with van der Waals surface area (Å²) in [6, 6.07) is 10.8. The molecule has 0 amide bonds. The second kappa shape index (κ2) is 6.75. The molecule has 0 heterocycles. The minimum atomic E-state index is -0.585. The van der Waals surface area contributed by atoms with E-state index in [2.05, 4.69) is 58.4 Å². The maximum atomic E-state index is 11.4. The fourth-order valence-electron chi connectivity index (χ4n) is 3.49. The number of hydrogen-bond donors (Lipinski definition) is 1. The van der Waals surface area contributed by atoms with Gasteiger partial charge in [-0.05, 0) is 25.3 Å². The molecule has 0 bridgehead atoms. The maximum Gasteiger partial charge on any atom is 0.123 e. The Kier molecular flexibility index (Phi) is 6.05. The molecule has 1 aromatic rings. The van der Waals surface area contributed by atoms with Gasteiger partial charge in [-0.25, -0.2) is 0 Å². The largest absolute Gasteiger partial charge is 1.00 e. The highest BCUT2D eigenvalue weighted by Crippen LogP contribution is 2.44. The molecule has 0 spiro atoms. The van der Waals surface area contributed by atoms with Crippen LogP contribution in [0.2, 0.25) is 0 Å². The molecule has 0 aliphatic heterocycles. The van der Waals surface area contributed by atoms with Crippen LogP contribution >= 0.6 is 0 Å². The first kappa shape index (κ1) is 17.9. The monoisotopic (exact) mass is 389 g/mol. The number of benzene rings is 1. The lowest BCUT2D eigenvalue weighted by atomic mass is 9.68. The smallest absolute Gasteiger partial charge is 0.123 e. The summed E-state index contributed by atoms with van der Waals surface area (Å²) >= 11 is 0. The van der Waals surface area contributed by atoms with Gasteiger partial charge >= 0.3 is 0 Å². The van der Waals surface area contributed by atoms with E-state index < -0.39 is 5.60 Å². The van der Waals surface area contributed by atoms with Crippen LogP contribution in [0.25, 0.3) is 0 Å². The quantitative estimate of drug-likeness (QED) is 0.578. The van der Waals surface area contributed by atoms with Gasteiger partial charge in [0.15, 0.2) is 0 Å². The highest BCUT2D eigenvalue weighted by atomic mass is 127. The van der Waals surface area contributed by atoms with E-state index in [0.717, 1.165) is 23.7 Å². The van der Waals surface area contributed by atoms with Crippen molar-refractivity contribution >= 4 is 0 Å². The number of nitrogens with zero attached hydrogens (tertiary/aromatic N) is 1. The third-order valence-electron chi connectivity index (χ3n) is 5.01. The van der Waals surface area contributed by atoms with Crippen molar-refractivity contribution < 1.29 is 33.6 Å². The number of hydrogen-bond acceptors (Lipinski definition) is 1. The molecule has 1 fully saturated rings. The van der Waals surface area contributed by atoms with Crippen LogP contribution in [0.1, 0.15) is 44.1 Å². The van der Waals surface area contributed by atoms with Crippen LogP contribution < -0.4 is 24.0 Å². The molecule has 2 nitrogen and oxygen atoms in total. The molecular formula is C17H28INO. The van der Waals surface area contributed by atoms with E-state index in [9.17, 15) is 5.11 Å². The van der Waals surface area contributed by atoms with Gasteiger partial charge in [0, 0.05) is 5.92 Å². The van der Waals surface area contributed by atoms with Crippen LogP contribution in [-0.2, 0) is 0 Å². The molecule has 3 heteroatoms. The van der Waals surface area contributed by atoms with Crippen LogP contribution in [0.15, 0.2) is 30.3 Å². The zero-order valence-corrected chi connectivity index (χ0v) is 15.3. The Morgan fingerprint density at radius 3 is 2.30 bits per heavy atom. The van der Waals surface area contributed by atoms with E-state index in [0.29, 0.717) is 0 Å². The lowest BCUT2D eigenvalue weighted by Gasteiger charge is -2.48. The van der Waals surface area contributed by atoms with Crippen LogP contribution in [0.3, 0.4) is 0 Å². The zero-order chi connectivity index (χ0) is 14.1. The van der Waals surface area contributed by atoms with Crippen LogP contribution in [0.5, 0.6) is 0 Å². The lowest BCUT2D eigenvalue weighted by molar-refractivity contribution is -0.902. The number of aliphatic hydroxyl groups is 1. The molecule has 20 heavy (non-hydrogen) atoms. The highest BCUT2D eigenvalue weighted by Gasteiger charge is 2.49. The van der Waals surface area contributed by atoms with E-state index in [4.69, 9.17) is 0 Å². The summed E-state index contributed by atoms with van der Waals surface area (Å²) in [6.45, 7) is 2.20. The second-order valence-corrected chi connectivity index (χ2v) is 6.99. The van der Waals surface area contributed by atoms with Crippen LogP contribution in [-0.4, -0.2) is 42.4 Å². The Morgan fingerprint density at radius 1 is 1.15 bits per heavy atom. The summed E-state index contributed by atoms with van der Waals surface area (Å²) in [4.78, 5) is 0. The SMILES string of the molecule is CC(C1(O)CCCCC1c1ccccc1)[N+](C)(C)C.[I-]. The second-order valence-electron chi connectivity index (χ2n) is 6.99.